The lowest BCUT2D eigenvalue weighted by Gasteiger charge is -2.32. The number of urea groups is 1. The second kappa shape index (κ2) is 9.03. The molecule has 1 aliphatic heterocycles. The second-order valence-corrected chi connectivity index (χ2v) is 6.82. The van der Waals surface area contributed by atoms with Crippen LogP contribution < -0.4 is 16.4 Å². The van der Waals surface area contributed by atoms with Crippen molar-refractivity contribution in [2.75, 3.05) is 13.1 Å². The summed E-state index contributed by atoms with van der Waals surface area (Å²) < 4.78 is 0. The number of primary amides is 1. The minimum atomic E-state index is -0.493. The molecule has 1 heterocycles. The molecule has 0 spiro atoms. The van der Waals surface area contributed by atoms with Crippen molar-refractivity contribution in [2.24, 2.45) is 5.73 Å². The minimum Gasteiger partial charge on any atom is -0.366 e. The van der Waals surface area contributed by atoms with Gasteiger partial charge in [0, 0.05) is 36.8 Å². The molecule has 0 radical (unpaired) electrons. The van der Waals surface area contributed by atoms with Crippen molar-refractivity contribution in [3.05, 3.63) is 71.3 Å². The quantitative estimate of drug-likeness (QED) is 0.738. The van der Waals surface area contributed by atoms with Crippen molar-refractivity contribution in [3.8, 4) is 0 Å². The van der Waals surface area contributed by atoms with Gasteiger partial charge in [-0.15, -0.1) is 0 Å². The third-order valence-corrected chi connectivity index (χ3v) is 4.81. The first-order valence-electron chi connectivity index (χ1n) is 9.30. The molecular formula is C21H24N4O3. The summed E-state index contributed by atoms with van der Waals surface area (Å²) in [6.07, 6.45) is 1.42. The van der Waals surface area contributed by atoms with Gasteiger partial charge < -0.3 is 21.3 Å². The number of likely N-dealkylation sites (tertiary alicyclic amines) is 1. The van der Waals surface area contributed by atoms with Crippen molar-refractivity contribution < 1.29 is 14.4 Å². The lowest BCUT2D eigenvalue weighted by molar-refractivity contribution is 0.0917. The van der Waals surface area contributed by atoms with Gasteiger partial charge in [0.25, 0.3) is 5.91 Å². The molecule has 28 heavy (non-hydrogen) atoms. The topological polar surface area (TPSA) is 105 Å². The van der Waals surface area contributed by atoms with Gasteiger partial charge in [-0.2, -0.15) is 0 Å². The summed E-state index contributed by atoms with van der Waals surface area (Å²) in [7, 11) is 0. The smallest absolute Gasteiger partial charge is 0.317 e. The van der Waals surface area contributed by atoms with Gasteiger partial charge in [-0.25, -0.2) is 4.79 Å². The fourth-order valence-electron chi connectivity index (χ4n) is 3.21. The molecule has 3 rings (SSSR count). The van der Waals surface area contributed by atoms with Gasteiger partial charge in [-0.3, -0.25) is 9.59 Å². The van der Waals surface area contributed by atoms with E-state index < -0.39 is 5.91 Å². The zero-order valence-corrected chi connectivity index (χ0v) is 15.6. The Bertz CT molecular complexity index is 846. The van der Waals surface area contributed by atoms with E-state index in [2.05, 4.69) is 10.6 Å². The average Bonchev–Trinajstić information content (AvgIpc) is 2.73. The Labute approximate surface area is 163 Å². The molecule has 0 aliphatic carbocycles. The Hall–Kier alpha value is -3.35. The molecule has 2 aromatic rings. The largest absolute Gasteiger partial charge is 0.366 e. The highest BCUT2D eigenvalue weighted by Crippen LogP contribution is 2.12. The number of nitrogens with one attached hydrogen (secondary N) is 2. The predicted octanol–water partition coefficient (Wildman–Crippen LogP) is 1.89. The number of nitrogens with two attached hydrogens (primary N) is 1. The van der Waals surface area contributed by atoms with Gasteiger partial charge >= 0.3 is 6.03 Å². The fourth-order valence-corrected chi connectivity index (χ4v) is 3.21. The first-order valence-corrected chi connectivity index (χ1v) is 9.30. The SMILES string of the molecule is NC(=O)c1cccc(CNC(=O)N2CCC(NC(=O)c3ccccc3)CC2)c1. The number of hydrogen-bond donors (Lipinski definition) is 3. The van der Waals surface area contributed by atoms with Gasteiger partial charge in [-0.05, 0) is 42.7 Å². The molecule has 1 aliphatic rings. The van der Waals surface area contributed by atoms with E-state index in [1.54, 1.807) is 35.2 Å². The van der Waals surface area contributed by atoms with E-state index in [9.17, 15) is 14.4 Å². The van der Waals surface area contributed by atoms with Crippen LogP contribution in [-0.2, 0) is 6.54 Å². The molecule has 1 fully saturated rings. The number of benzene rings is 2. The Morgan fingerprint density at radius 2 is 1.64 bits per heavy atom. The second-order valence-electron chi connectivity index (χ2n) is 6.82. The first-order chi connectivity index (χ1) is 13.5. The van der Waals surface area contributed by atoms with Crippen molar-refractivity contribution in [3.63, 3.8) is 0 Å². The third-order valence-electron chi connectivity index (χ3n) is 4.81. The molecule has 7 heteroatoms. The molecule has 2 aromatic carbocycles. The van der Waals surface area contributed by atoms with Crippen LogP contribution in [0.15, 0.2) is 54.6 Å². The molecule has 0 atom stereocenters. The molecule has 4 N–H and O–H groups in total. The van der Waals surface area contributed by atoms with Crippen molar-refractivity contribution >= 4 is 17.8 Å². The van der Waals surface area contributed by atoms with Gasteiger partial charge in [-0.1, -0.05) is 30.3 Å². The van der Waals surface area contributed by atoms with Gasteiger partial charge in [0.2, 0.25) is 5.91 Å². The Balaban J connectivity index is 1.44. The fraction of sp³-hybridized carbons (Fsp3) is 0.286. The van der Waals surface area contributed by atoms with Crippen LogP contribution in [0, 0.1) is 0 Å². The first kappa shape index (κ1) is 19.4. The number of amides is 4. The summed E-state index contributed by atoms with van der Waals surface area (Å²) in [4.78, 5) is 37.6. The predicted molar refractivity (Wildman–Crippen MR) is 106 cm³/mol. The lowest BCUT2D eigenvalue weighted by Crippen LogP contribution is -2.49. The minimum absolute atomic E-state index is 0.0593. The van der Waals surface area contributed by atoms with Crippen LogP contribution >= 0.6 is 0 Å². The number of nitrogens with zero attached hydrogens (tertiary/aromatic N) is 1. The summed E-state index contributed by atoms with van der Waals surface area (Å²) >= 11 is 0. The Morgan fingerprint density at radius 1 is 0.964 bits per heavy atom. The van der Waals surface area contributed by atoms with E-state index >= 15 is 0 Å². The molecular weight excluding hydrogens is 356 g/mol. The van der Waals surface area contributed by atoms with Crippen LogP contribution in [0.4, 0.5) is 4.79 Å². The highest BCUT2D eigenvalue weighted by Gasteiger charge is 2.24. The van der Waals surface area contributed by atoms with Gasteiger partial charge in [0.1, 0.15) is 0 Å². The van der Waals surface area contributed by atoms with E-state index in [0.29, 0.717) is 43.6 Å². The van der Waals surface area contributed by atoms with Gasteiger partial charge in [0.15, 0.2) is 0 Å². The summed E-state index contributed by atoms with van der Waals surface area (Å²) in [5, 5.41) is 5.89. The molecule has 0 unspecified atom stereocenters. The zero-order chi connectivity index (χ0) is 19.9. The van der Waals surface area contributed by atoms with E-state index in [1.807, 2.05) is 24.3 Å². The Kier molecular flexibility index (Phi) is 6.26. The monoisotopic (exact) mass is 380 g/mol. The number of carbonyl (C=O) groups excluding carboxylic acids is 3. The zero-order valence-electron chi connectivity index (χ0n) is 15.6. The van der Waals surface area contributed by atoms with Gasteiger partial charge in [0.05, 0.1) is 0 Å². The number of carbonyl (C=O) groups is 3. The van der Waals surface area contributed by atoms with Crippen LogP contribution in [0.1, 0.15) is 39.1 Å². The normalized spacial score (nSPS) is 14.4. The van der Waals surface area contributed by atoms with Crippen LogP contribution in [0.25, 0.3) is 0 Å². The van der Waals surface area contributed by atoms with Crippen LogP contribution in [-0.4, -0.2) is 41.9 Å². The van der Waals surface area contributed by atoms with E-state index in [1.165, 1.54) is 0 Å². The summed E-state index contributed by atoms with van der Waals surface area (Å²) in [5.41, 5.74) is 7.15. The molecule has 0 aromatic heterocycles. The molecule has 0 bridgehead atoms. The average molecular weight is 380 g/mol. The van der Waals surface area contributed by atoms with E-state index in [-0.39, 0.29) is 18.0 Å². The third kappa shape index (κ3) is 5.09. The van der Waals surface area contributed by atoms with Crippen molar-refractivity contribution in [1.82, 2.24) is 15.5 Å². The van der Waals surface area contributed by atoms with Crippen molar-refractivity contribution in [2.45, 2.75) is 25.4 Å². The molecule has 4 amide bonds. The number of piperidine rings is 1. The maximum absolute atomic E-state index is 12.4. The highest BCUT2D eigenvalue weighted by atomic mass is 16.2. The van der Waals surface area contributed by atoms with Crippen LogP contribution in [0.3, 0.4) is 0 Å². The molecule has 146 valence electrons. The summed E-state index contributed by atoms with van der Waals surface area (Å²) in [6.45, 7) is 1.48. The Morgan fingerprint density at radius 3 is 2.32 bits per heavy atom. The van der Waals surface area contributed by atoms with Crippen molar-refractivity contribution in [1.29, 1.82) is 0 Å². The lowest BCUT2D eigenvalue weighted by atomic mass is 10.0. The van der Waals surface area contributed by atoms with E-state index in [4.69, 9.17) is 5.73 Å². The summed E-state index contributed by atoms with van der Waals surface area (Å²) in [6, 6.07) is 15.9. The highest BCUT2D eigenvalue weighted by molar-refractivity contribution is 5.94. The number of hydrogen-bond acceptors (Lipinski definition) is 3. The molecule has 1 saturated heterocycles. The van der Waals surface area contributed by atoms with Crippen LogP contribution in [0.5, 0.6) is 0 Å². The number of rotatable bonds is 5. The maximum Gasteiger partial charge on any atom is 0.317 e. The maximum atomic E-state index is 12.4. The van der Waals surface area contributed by atoms with Crippen LogP contribution in [0.2, 0.25) is 0 Å². The summed E-state index contributed by atoms with van der Waals surface area (Å²) in [5.74, 6) is -0.578. The van der Waals surface area contributed by atoms with E-state index in [0.717, 1.165) is 5.56 Å². The molecule has 7 nitrogen and oxygen atoms in total. The molecule has 0 saturated carbocycles. The standard InChI is InChI=1S/C21H24N4O3/c22-19(26)17-8-4-5-15(13-17)14-23-21(28)25-11-9-18(10-12-25)24-20(27)16-6-2-1-3-7-16/h1-8,13,18H,9-12,14H2,(H2,22,26)(H,23,28)(H,24,27).